The third kappa shape index (κ3) is 1.26. The Balaban J connectivity index is 2.34. The van der Waals surface area contributed by atoms with Crippen molar-refractivity contribution in [2.75, 3.05) is 0 Å². The molecule has 0 amide bonds. The van der Waals surface area contributed by atoms with Crippen LogP contribution in [0.2, 0.25) is 0 Å². The quantitative estimate of drug-likeness (QED) is 0.593. The smallest absolute Gasteiger partial charge is 0.0450 e. The first kappa shape index (κ1) is 6.80. The highest BCUT2D eigenvalue weighted by atomic mass is 14.7. The van der Waals surface area contributed by atoms with E-state index in [0.29, 0.717) is 6.04 Å². The Hall–Kier alpha value is -0.890. The number of rotatable bonds is 0. The van der Waals surface area contributed by atoms with Crippen LogP contribution in [0.25, 0.3) is 0 Å². The summed E-state index contributed by atoms with van der Waals surface area (Å²) in [6, 6.07) is 4.47. The third-order valence-electron chi connectivity index (χ3n) is 2.22. The highest BCUT2D eigenvalue weighted by molar-refractivity contribution is 5.23. The lowest BCUT2D eigenvalue weighted by molar-refractivity contribution is 0.565. The van der Waals surface area contributed by atoms with Crippen LogP contribution in [0.15, 0.2) is 18.3 Å². The normalized spacial score (nSPS) is 22.8. The minimum atomic E-state index is 0.331. The summed E-state index contributed by atoms with van der Waals surface area (Å²) in [5.41, 5.74) is 8.39. The van der Waals surface area contributed by atoms with Gasteiger partial charge >= 0.3 is 0 Å². The summed E-state index contributed by atoms with van der Waals surface area (Å²) in [7, 11) is 0. The maximum absolute atomic E-state index is 5.81. The van der Waals surface area contributed by atoms with Gasteiger partial charge in [0.2, 0.25) is 0 Å². The van der Waals surface area contributed by atoms with Gasteiger partial charge in [-0.05, 0) is 24.5 Å². The molecule has 1 aliphatic rings. The zero-order valence-corrected chi connectivity index (χ0v) is 6.46. The molecule has 0 bridgehead atoms. The Morgan fingerprint density at radius 3 is 3.36 bits per heavy atom. The molecule has 0 saturated heterocycles. The van der Waals surface area contributed by atoms with Crippen LogP contribution in [0.1, 0.15) is 17.7 Å². The SMILES string of the molecule is N[C@@H]1CCc2cccnc2C1. The first-order valence-corrected chi connectivity index (χ1v) is 4.04. The number of fused-ring (bicyclic) bond motifs is 1. The van der Waals surface area contributed by atoms with E-state index in [0.717, 1.165) is 19.3 Å². The van der Waals surface area contributed by atoms with E-state index in [1.807, 2.05) is 12.3 Å². The zero-order chi connectivity index (χ0) is 7.68. The van der Waals surface area contributed by atoms with Gasteiger partial charge in [0.25, 0.3) is 0 Å². The van der Waals surface area contributed by atoms with Gasteiger partial charge in [-0.2, -0.15) is 0 Å². The van der Waals surface area contributed by atoms with E-state index in [4.69, 9.17) is 5.73 Å². The number of nitrogens with two attached hydrogens (primary N) is 1. The molecule has 1 aliphatic carbocycles. The van der Waals surface area contributed by atoms with Crippen molar-refractivity contribution >= 4 is 0 Å². The van der Waals surface area contributed by atoms with E-state index in [-0.39, 0.29) is 0 Å². The maximum Gasteiger partial charge on any atom is 0.0450 e. The van der Waals surface area contributed by atoms with Gasteiger partial charge in [0, 0.05) is 24.4 Å². The van der Waals surface area contributed by atoms with Gasteiger partial charge in [0.1, 0.15) is 0 Å². The summed E-state index contributed by atoms with van der Waals surface area (Å²) in [6.07, 6.45) is 5.01. The molecule has 0 aromatic carbocycles. The van der Waals surface area contributed by atoms with Crippen molar-refractivity contribution < 1.29 is 0 Å². The fourth-order valence-corrected chi connectivity index (χ4v) is 1.57. The minimum Gasteiger partial charge on any atom is -0.327 e. The van der Waals surface area contributed by atoms with Crippen LogP contribution in [0.4, 0.5) is 0 Å². The van der Waals surface area contributed by atoms with Crippen molar-refractivity contribution in [3.8, 4) is 0 Å². The highest BCUT2D eigenvalue weighted by Crippen LogP contribution is 2.17. The topological polar surface area (TPSA) is 38.9 Å². The minimum absolute atomic E-state index is 0.331. The number of pyridine rings is 1. The average molecular weight is 148 g/mol. The van der Waals surface area contributed by atoms with E-state index in [1.54, 1.807) is 0 Å². The van der Waals surface area contributed by atoms with E-state index in [9.17, 15) is 0 Å². The molecule has 0 spiro atoms. The fraction of sp³-hybridized carbons (Fsp3) is 0.444. The Kier molecular flexibility index (Phi) is 1.62. The van der Waals surface area contributed by atoms with Crippen LogP contribution in [-0.4, -0.2) is 11.0 Å². The van der Waals surface area contributed by atoms with Crippen LogP contribution in [-0.2, 0) is 12.8 Å². The van der Waals surface area contributed by atoms with Gasteiger partial charge in [-0.1, -0.05) is 6.07 Å². The van der Waals surface area contributed by atoms with Crippen molar-refractivity contribution in [1.29, 1.82) is 0 Å². The lowest BCUT2D eigenvalue weighted by Crippen LogP contribution is -2.28. The van der Waals surface area contributed by atoms with E-state index < -0.39 is 0 Å². The number of aromatic nitrogens is 1. The molecular weight excluding hydrogens is 136 g/mol. The molecule has 0 aliphatic heterocycles. The lowest BCUT2D eigenvalue weighted by Gasteiger charge is -2.19. The van der Waals surface area contributed by atoms with Gasteiger partial charge in [-0.25, -0.2) is 0 Å². The number of nitrogens with zero attached hydrogens (tertiary/aromatic N) is 1. The molecule has 11 heavy (non-hydrogen) atoms. The monoisotopic (exact) mass is 148 g/mol. The van der Waals surface area contributed by atoms with Crippen LogP contribution in [0.3, 0.4) is 0 Å². The number of aryl methyl sites for hydroxylation is 1. The molecule has 1 aromatic heterocycles. The van der Waals surface area contributed by atoms with Crippen LogP contribution >= 0.6 is 0 Å². The van der Waals surface area contributed by atoms with Crippen molar-refractivity contribution in [3.05, 3.63) is 29.6 Å². The molecule has 0 saturated carbocycles. The van der Waals surface area contributed by atoms with Crippen molar-refractivity contribution in [2.45, 2.75) is 25.3 Å². The second kappa shape index (κ2) is 2.62. The third-order valence-corrected chi connectivity index (χ3v) is 2.22. The fourth-order valence-electron chi connectivity index (χ4n) is 1.57. The molecule has 2 heteroatoms. The van der Waals surface area contributed by atoms with E-state index in [2.05, 4.69) is 11.1 Å². The Morgan fingerprint density at radius 2 is 2.45 bits per heavy atom. The Morgan fingerprint density at radius 1 is 1.55 bits per heavy atom. The van der Waals surface area contributed by atoms with Crippen molar-refractivity contribution in [3.63, 3.8) is 0 Å². The van der Waals surface area contributed by atoms with Gasteiger partial charge in [0.05, 0.1) is 0 Å². The van der Waals surface area contributed by atoms with Gasteiger partial charge in [-0.15, -0.1) is 0 Å². The molecule has 1 heterocycles. The lowest BCUT2D eigenvalue weighted by atomic mass is 9.93. The summed E-state index contributed by atoms with van der Waals surface area (Å²) in [5, 5.41) is 0. The Bertz CT molecular complexity index is 257. The molecular formula is C9H12N2. The summed E-state index contributed by atoms with van der Waals surface area (Å²) < 4.78 is 0. The van der Waals surface area contributed by atoms with E-state index in [1.165, 1.54) is 11.3 Å². The van der Waals surface area contributed by atoms with Gasteiger partial charge in [-0.3, -0.25) is 4.98 Å². The molecule has 0 fully saturated rings. The summed E-state index contributed by atoms with van der Waals surface area (Å²) in [4.78, 5) is 4.29. The molecule has 2 N–H and O–H groups in total. The van der Waals surface area contributed by atoms with Gasteiger partial charge < -0.3 is 5.73 Å². The summed E-state index contributed by atoms with van der Waals surface area (Å²) >= 11 is 0. The maximum atomic E-state index is 5.81. The van der Waals surface area contributed by atoms with Crippen LogP contribution in [0.5, 0.6) is 0 Å². The van der Waals surface area contributed by atoms with Crippen LogP contribution < -0.4 is 5.73 Å². The Labute approximate surface area is 66.4 Å². The predicted octanol–water partition coefficient (Wildman–Crippen LogP) is 0.898. The summed E-state index contributed by atoms with van der Waals surface area (Å²) in [5.74, 6) is 0. The first-order valence-electron chi connectivity index (χ1n) is 4.04. The molecule has 2 nitrogen and oxygen atoms in total. The zero-order valence-electron chi connectivity index (χ0n) is 6.46. The predicted molar refractivity (Wildman–Crippen MR) is 44.2 cm³/mol. The average Bonchev–Trinajstić information content (AvgIpc) is 2.04. The number of hydrogen-bond donors (Lipinski definition) is 1. The molecule has 2 rings (SSSR count). The largest absolute Gasteiger partial charge is 0.327 e. The molecule has 1 atom stereocenters. The molecule has 58 valence electrons. The molecule has 1 aromatic rings. The highest BCUT2D eigenvalue weighted by Gasteiger charge is 2.14. The van der Waals surface area contributed by atoms with Gasteiger partial charge in [0.15, 0.2) is 0 Å². The van der Waals surface area contributed by atoms with Crippen molar-refractivity contribution in [2.24, 2.45) is 5.73 Å². The first-order chi connectivity index (χ1) is 5.36. The summed E-state index contributed by atoms with van der Waals surface area (Å²) in [6.45, 7) is 0. The second-order valence-electron chi connectivity index (χ2n) is 3.11. The standard InChI is InChI=1S/C9H12N2/c10-8-4-3-7-2-1-5-11-9(7)6-8/h1-2,5,8H,3-4,6,10H2/t8-/m1/s1. The van der Waals surface area contributed by atoms with Crippen LogP contribution in [0, 0.1) is 0 Å². The molecule has 0 unspecified atom stereocenters. The number of hydrogen-bond acceptors (Lipinski definition) is 2. The van der Waals surface area contributed by atoms with E-state index >= 15 is 0 Å². The van der Waals surface area contributed by atoms with Crippen molar-refractivity contribution in [1.82, 2.24) is 4.98 Å². The molecule has 0 radical (unpaired) electrons. The second-order valence-corrected chi connectivity index (χ2v) is 3.11.